The van der Waals surface area contributed by atoms with Crippen LogP contribution >= 0.6 is 0 Å². The van der Waals surface area contributed by atoms with E-state index >= 15 is 0 Å². The standard InChI is InChI=1S/C27H40O7/c1-16(28)33-22-18-14-23(2,3)20(9-11-26(7)30-12-13-31-26)27(18,29)21-17-15-32-24(4,5)34-19(17)8-10-25(21,22)6/h8-10,17-19,21-22,29H,11-15H2,1-7H3/b20-9-/t17-,18-,19+,21+,22+,25-,27-/m1/s1. The summed E-state index contributed by atoms with van der Waals surface area (Å²) in [5, 5.41) is 12.8. The van der Waals surface area contributed by atoms with Crippen LogP contribution in [0.25, 0.3) is 0 Å². The summed E-state index contributed by atoms with van der Waals surface area (Å²) in [5.41, 5.74) is -1.01. The lowest BCUT2D eigenvalue weighted by Crippen LogP contribution is -2.57. The lowest BCUT2D eigenvalue weighted by Gasteiger charge is -2.52. The van der Waals surface area contributed by atoms with Crippen molar-refractivity contribution in [2.45, 2.75) is 90.7 Å². The Bertz CT molecular complexity index is 914. The van der Waals surface area contributed by atoms with Crippen molar-refractivity contribution in [3.63, 3.8) is 0 Å². The van der Waals surface area contributed by atoms with Crippen molar-refractivity contribution in [2.75, 3.05) is 19.8 Å². The van der Waals surface area contributed by atoms with Crippen molar-refractivity contribution < 1.29 is 33.6 Å². The fourth-order valence-electron chi connectivity index (χ4n) is 7.76. The van der Waals surface area contributed by atoms with Crippen molar-refractivity contribution >= 4 is 5.97 Å². The zero-order valence-electron chi connectivity index (χ0n) is 21.6. The van der Waals surface area contributed by atoms with Crippen LogP contribution in [0.1, 0.15) is 61.3 Å². The second kappa shape index (κ2) is 7.62. The molecule has 0 aromatic heterocycles. The third kappa shape index (κ3) is 3.53. The molecule has 7 heteroatoms. The van der Waals surface area contributed by atoms with Gasteiger partial charge in [-0.3, -0.25) is 4.79 Å². The van der Waals surface area contributed by atoms with Gasteiger partial charge in [-0.25, -0.2) is 0 Å². The van der Waals surface area contributed by atoms with E-state index in [2.05, 4.69) is 39.0 Å². The summed E-state index contributed by atoms with van der Waals surface area (Å²) in [6.07, 6.45) is 6.99. The molecule has 2 saturated carbocycles. The molecule has 7 nitrogen and oxygen atoms in total. The molecule has 3 aliphatic carbocycles. The first kappa shape index (κ1) is 24.4. The van der Waals surface area contributed by atoms with E-state index < -0.39 is 28.7 Å². The van der Waals surface area contributed by atoms with E-state index in [9.17, 15) is 9.90 Å². The molecule has 0 unspecified atom stereocenters. The molecule has 5 rings (SSSR count). The van der Waals surface area contributed by atoms with Gasteiger partial charge in [0.05, 0.1) is 31.5 Å². The molecule has 4 fully saturated rings. The molecule has 5 aliphatic rings. The van der Waals surface area contributed by atoms with Gasteiger partial charge in [0.15, 0.2) is 11.6 Å². The Labute approximate surface area is 202 Å². The SMILES string of the molecule is CC(=O)O[C@H]1[C@H]2CC(C)(C)/C(=C/CC3(C)OCCO3)[C@@]2(O)[C@H]2[C@@H]3COC(C)(C)O[C@H]3C=C[C@@]12C. The summed E-state index contributed by atoms with van der Waals surface area (Å²) in [6.45, 7) is 15.3. The maximum absolute atomic E-state index is 12.8. The average molecular weight is 477 g/mol. The molecule has 2 heterocycles. The molecular formula is C27H40O7. The fraction of sp³-hybridized carbons (Fsp3) is 0.815. The minimum Gasteiger partial charge on any atom is -0.461 e. The lowest BCUT2D eigenvalue weighted by molar-refractivity contribution is -0.299. The number of aliphatic hydroxyl groups is 1. The van der Waals surface area contributed by atoms with Gasteiger partial charge >= 0.3 is 5.97 Å². The molecule has 2 saturated heterocycles. The smallest absolute Gasteiger partial charge is 0.302 e. The second-order valence-electron chi connectivity index (χ2n) is 12.4. The van der Waals surface area contributed by atoms with Gasteiger partial charge in [-0.2, -0.15) is 0 Å². The van der Waals surface area contributed by atoms with E-state index in [0.29, 0.717) is 26.2 Å². The van der Waals surface area contributed by atoms with E-state index in [0.717, 1.165) is 12.0 Å². The molecule has 1 N–H and O–H groups in total. The molecule has 34 heavy (non-hydrogen) atoms. The molecule has 0 bridgehead atoms. The van der Waals surface area contributed by atoms with E-state index in [-0.39, 0.29) is 35.2 Å². The zero-order chi connectivity index (χ0) is 24.7. The predicted molar refractivity (Wildman–Crippen MR) is 125 cm³/mol. The third-order valence-corrected chi connectivity index (χ3v) is 8.99. The van der Waals surface area contributed by atoms with Crippen LogP contribution in [0.15, 0.2) is 23.8 Å². The van der Waals surface area contributed by atoms with Gasteiger partial charge in [0, 0.05) is 36.5 Å². The van der Waals surface area contributed by atoms with Crippen LogP contribution in [0.3, 0.4) is 0 Å². The van der Waals surface area contributed by atoms with Gasteiger partial charge in [0.2, 0.25) is 0 Å². The summed E-state index contributed by atoms with van der Waals surface area (Å²) in [6, 6.07) is 0. The minimum atomic E-state index is -1.17. The Morgan fingerprint density at radius 1 is 1.15 bits per heavy atom. The lowest BCUT2D eigenvalue weighted by atomic mass is 9.60. The molecule has 2 aliphatic heterocycles. The van der Waals surface area contributed by atoms with Crippen LogP contribution in [0.2, 0.25) is 0 Å². The van der Waals surface area contributed by atoms with Crippen LogP contribution in [0.4, 0.5) is 0 Å². The maximum Gasteiger partial charge on any atom is 0.302 e. The summed E-state index contributed by atoms with van der Waals surface area (Å²) >= 11 is 0. The van der Waals surface area contributed by atoms with Crippen molar-refractivity contribution in [1.82, 2.24) is 0 Å². The fourth-order valence-corrected chi connectivity index (χ4v) is 7.76. The van der Waals surface area contributed by atoms with Crippen molar-refractivity contribution in [3.8, 4) is 0 Å². The van der Waals surface area contributed by atoms with Crippen LogP contribution in [-0.2, 0) is 28.5 Å². The first-order chi connectivity index (χ1) is 15.7. The van der Waals surface area contributed by atoms with E-state index in [1.165, 1.54) is 6.92 Å². The highest BCUT2D eigenvalue weighted by molar-refractivity contribution is 5.66. The summed E-state index contributed by atoms with van der Waals surface area (Å²) in [4.78, 5) is 12.2. The summed E-state index contributed by atoms with van der Waals surface area (Å²) < 4.78 is 30.1. The molecule has 0 aromatic rings. The molecule has 0 spiro atoms. The van der Waals surface area contributed by atoms with Crippen LogP contribution in [0, 0.1) is 28.6 Å². The van der Waals surface area contributed by atoms with E-state index in [4.69, 9.17) is 23.7 Å². The minimum absolute atomic E-state index is 0.0667. The zero-order valence-corrected chi connectivity index (χ0v) is 21.6. The highest BCUT2D eigenvalue weighted by Gasteiger charge is 2.75. The van der Waals surface area contributed by atoms with Gasteiger partial charge in [0.25, 0.3) is 0 Å². The van der Waals surface area contributed by atoms with Crippen LogP contribution in [0.5, 0.6) is 0 Å². The van der Waals surface area contributed by atoms with Gasteiger partial charge in [-0.05, 0) is 38.2 Å². The number of rotatable bonds is 3. The first-order valence-electron chi connectivity index (χ1n) is 12.6. The quantitative estimate of drug-likeness (QED) is 0.491. The number of esters is 1. The van der Waals surface area contributed by atoms with Gasteiger partial charge in [-0.1, -0.05) is 39.0 Å². The Morgan fingerprint density at radius 3 is 2.47 bits per heavy atom. The van der Waals surface area contributed by atoms with Crippen molar-refractivity contribution in [2.24, 2.45) is 28.6 Å². The van der Waals surface area contributed by atoms with Crippen molar-refractivity contribution in [3.05, 3.63) is 23.8 Å². The number of hydrogen-bond acceptors (Lipinski definition) is 7. The molecule has 0 radical (unpaired) electrons. The first-order valence-corrected chi connectivity index (χ1v) is 12.6. The third-order valence-electron chi connectivity index (χ3n) is 8.99. The Kier molecular flexibility index (Phi) is 5.48. The number of carbonyl (C=O) groups excluding carboxylic acids is 1. The number of carbonyl (C=O) groups is 1. The monoisotopic (exact) mass is 476 g/mol. The number of ether oxygens (including phenoxy) is 5. The van der Waals surface area contributed by atoms with Crippen LogP contribution < -0.4 is 0 Å². The summed E-state index contributed by atoms with van der Waals surface area (Å²) in [5.74, 6) is -2.23. The molecule has 0 aromatic carbocycles. The van der Waals surface area contributed by atoms with Gasteiger partial charge < -0.3 is 28.8 Å². The van der Waals surface area contributed by atoms with Crippen LogP contribution in [-0.4, -0.2) is 60.3 Å². The number of fused-ring (bicyclic) bond motifs is 5. The molecule has 190 valence electrons. The Balaban J connectivity index is 1.62. The maximum atomic E-state index is 12.8. The normalized spacial score (nSPS) is 46.7. The topological polar surface area (TPSA) is 83.5 Å². The van der Waals surface area contributed by atoms with E-state index in [1.807, 2.05) is 20.8 Å². The Hall–Kier alpha value is -1.25. The largest absolute Gasteiger partial charge is 0.461 e. The Morgan fingerprint density at radius 2 is 1.82 bits per heavy atom. The number of hydrogen-bond donors (Lipinski definition) is 1. The average Bonchev–Trinajstić information content (AvgIpc) is 3.28. The second-order valence-corrected chi connectivity index (χ2v) is 12.4. The summed E-state index contributed by atoms with van der Waals surface area (Å²) in [7, 11) is 0. The molecule has 0 amide bonds. The van der Waals surface area contributed by atoms with Gasteiger partial charge in [-0.15, -0.1) is 0 Å². The van der Waals surface area contributed by atoms with Crippen molar-refractivity contribution in [1.29, 1.82) is 0 Å². The molecule has 7 atom stereocenters. The van der Waals surface area contributed by atoms with E-state index in [1.54, 1.807) is 0 Å². The van der Waals surface area contributed by atoms with Gasteiger partial charge in [0.1, 0.15) is 6.10 Å². The predicted octanol–water partition coefficient (Wildman–Crippen LogP) is 3.75. The highest BCUT2D eigenvalue weighted by Crippen LogP contribution is 2.70. The highest BCUT2D eigenvalue weighted by atomic mass is 16.7. The molecular weight excluding hydrogens is 436 g/mol.